The van der Waals surface area contributed by atoms with E-state index in [9.17, 15) is 14.4 Å². The van der Waals surface area contributed by atoms with Gasteiger partial charge in [-0.2, -0.15) is 0 Å². The number of carbonyl (C=O) groups excluding carboxylic acids is 3. The average Bonchev–Trinajstić information content (AvgIpc) is 2.89. The molecule has 0 spiro atoms. The van der Waals surface area contributed by atoms with Crippen LogP contribution in [-0.2, 0) is 39.9 Å². The maximum atomic E-state index is 13.0. The molecule has 0 aliphatic carbocycles. The molecule has 1 aliphatic heterocycles. The number of amides is 1. The number of ether oxygens (including phenoxy) is 5. The minimum absolute atomic E-state index is 0.0603. The minimum atomic E-state index is -2.08. The summed E-state index contributed by atoms with van der Waals surface area (Å²) in [5.41, 5.74) is -1.25. The molecular formula is C25H34N2O8. The highest BCUT2D eigenvalue weighted by Gasteiger charge is 2.50. The minimum Gasteiger partial charge on any atom is -0.459 e. The van der Waals surface area contributed by atoms with Gasteiger partial charge in [0.2, 0.25) is 0 Å². The van der Waals surface area contributed by atoms with Crippen LogP contribution in [0.1, 0.15) is 12.0 Å². The first-order valence-corrected chi connectivity index (χ1v) is 11.5. The number of hydrogen-bond acceptors (Lipinski definition) is 9. The molecule has 0 saturated carbocycles. The summed E-state index contributed by atoms with van der Waals surface area (Å²) in [6.07, 6.45) is 1.84. The first-order valence-electron chi connectivity index (χ1n) is 11.5. The van der Waals surface area contributed by atoms with E-state index in [0.29, 0.717) is 32.8 Å². The quantitative estimate of drug-likeness (QED) is 0.170. The van der Waals surface area contributed by atoms with E-state index < -0.39 is 23.6 Å². The van der Waals surface area contributed by atoms with Crippen molar-refractivity contribution < 1.29 is 38.1 Å². The molecule has 10 nitrogen and oxygen atoms in total. The summed E-state index contributed by atoms with van der Waals surface area (Å²) in [7, 11) is 0. The summed E-state index contributed by atoms with van der Waals surface area (Å²) in [6.45, 7) is 9.96. The van der Waals surface area contributed by atoms with E-state index in [1.807, 2.05) is 30.3 Å². The third-order valence-corrected chi connectivity index (χ3v) is 5.14. The lowest BCUT2D eigenvalue weighted by Crippen LogP contribution is -2.54. The van der Waals surface area contributed by atoms with Crippen molar-refractivity contribution >= 4 is 18.0 Å². The second-order valence-electron chi connectivity index (χ2n) is 7.64. The topological polar surface area (TPSA) is 113 Å². The third-order valence-electron chi connectivity index (χ3n) is 5.14. The molecule has 1 N–H and O–H groups in total. The van der Waals surface area contributed by atoms with Crippen LogP contribution in [0, 0.1) is 0 Å². The van der Waals surface area contributed by atoms with Crippen molar-refractivity contribution in [2.24, 2.45) is 0 Å². The van der Waals surface area contributed by atoms with Crippen LogP contribution in [0.2, 0.25) is 0 Å². The van der Waals surface area contributed by atoms with Gasteiger partial charge in [0, 0.05) is 32.6 Å². The number of esters is 2. The first-order chi connectivity index (χ1) is 17.0. The zero-order valence-corrected chi connectivity index (χ0v) is 19.9. The number of benzene rings is 1. The van der Waals surface area contributed by atoms with Crippen LogP contribution in [-0.4, -0.2) is 87.7 Å². The summed E-state index contributed by atoms with van der Waals surface area (Å²) < 4.78 is 26.7. The molecule has 1 fully saturated rings. The van der Waals surface area contributed by atoms with Crippen molar-refractivity contribution in [2.45, 2.75) is 18.6 Å². The Kier molecular flexibility index (Phi) is 12.5. The fourth-order valence-corrected chi connectivity index (χ4v) is 3.27. The van der Waals surface area contributed by atoms with Crippen molar-refractivity contribution in [3.05, 3.63) is 61.2 Å². The van der Waals surface area contributed by atoms with Crippen molar-refractivity contribution in [1.29, 1.82) is 0 Å². The second kappa shape index (κ2) is 15.6. The average molecular weight is 491 g/mol. The Balaban J connectivity index is 2.04. The van der Waals surface area contributed by atoms with Crippen LogP contribution < -0.4 is 5.32 Å². The molecule has 0 radical (unpaired) electrons. The molecular weight excluding hydrogens is 456 g/mol. The Hall–Kier alpha value is -3.21. The Morgan fingerprint density at radius 1 is 1.00 bits per heavy atom. The van der Waals surface area contributed by atoms with E-state index in [-0.39, 0.29) is 39.4 Å². The van der Waals surface area contributed by atoms with Gasteiger partial charge >= 0.3 is 18.0 Å². The Bertz CT molecular complexity index is 800. The molecule has 35 heavy (non-hydrogen) atoms. The monoisotopic (exact) mass is 490 g/mol. The van der Waals surface area contributed by atoms with Gasteiger partial charge in [0.15, 0.2) is 0 Å². The second-order valence-corrected chi connectivity index (χ2v) is 7.64. The van der Waals surface area contributed by atoms with Gasteiger partial charge in [-0.05, 0) is 5.56 Å². The molecule has 0 aromatic heterocycles. The molecule has 10 heteroatoms. The predicted molar refractivity (Wildman–Crippen MR) is 128 cm³/mol. The van der Waals surface area contributed by atoms with E-state index in [1.165, 1.54) is 12.2 Å². The van der Waals surface area contributed by atoms with Crippen molar-refractivity contribution in [3.8, 4) is 0 Å². The summed E-state index contributed by atoms with van der Waals surface area (Å²) >= 11 is 0. The van der Waals surface area contributed by atoms with Crippen LogP contribution in [0.5, 0.6) is 0 Å². The molecule has 1 aromatic rings. The lowest BCUT2D eigenvalue weighted by Gasteiger charge is -2.31. The van der Waals surface area contributed by atoms with Crippen molar-refractivity contribution in [3.63, 3.8) is 0 Å². The molecule has 1 aliphatic rings. The number of alkyl carbamates (subject to hydrolysis) is 1. The number of nitrogens with one attached hydrogen (secondary N) is 1. The predicted octanol–water partition coefficient (Wildman–Crippen LogP) is 1.85. The third kappa shape index (κ3) is 9.51. The summed E-state index contributed by atoms with van der Waals surface area (Å²) in [5.74, 6) is -1.85. The van der Waals surface area contributed by atoms with Crippen molar-refractivity contribution in [2.75, 3.05) is 59.2 Å². The van der Waals surface area contributed by atoms with Gasteiger partial charge in [-0.1, -0.05) is 55.6 Å². The number of morpholine rings is 1. The van der Waals surface area contributed by atoms with Crippen molar-refractivity contribution in [1.82, 2.24) is 10.2 Å². The van der Waals surface area contributed by atoms with Crippen LogP contribution in [0.25, 0.3) is 0 Å². The molecule has 1 aromatic carbocycles. The molecule has 0 atom stereocenters. The molecule has 1 heterocycles. The smallest absolute Gasteiger partial charge is 0.407 e. The zero-order chi connectivity index (χ0) is 25.4. The van der Waals surface area contributed by atoms with Gasteiger partial charge in [-0.3, -0.25) is 4.90 Å². The maximum absolute atomic E-state index is 13.0. The Morgan fingerprint density at radius 2 is 1.63 bits per heavy atom. The number of nitrogens with zero attached hydrogens (tertiary/aromatic N) is 1. The highest BCUT2D eigenvalue weighted by Crippen LogP contribution is 2.22. The van der Waals surface area contributed by atoms with Gasteiger partial charge in [0.05, 0.1) is 19.8 Å². The standard InChI is InChI=1S/C25H34N2O8/c1-3-15-32-22(28)25(23(29)33-16-4-2,35-19-14-27-12-17-31-18-13-27)10-11-26-24(30)34-20-21-8-6-5-7-9-21/h3-9H,1-2,10-20H2,(H,26,30). The van der Waals surface area contributed by atoms with Crippen LogP contribution in [0.15, 0.2) is 55.6 Å². The molecule has 192 valence electrons. The Labute approximate surface area is 205 Å². The molecule has 0 bridgehead atoms. The van der Waals surface area contributed by atoms with Crippen LogP contribution in [0.4, 0.5) is 4.79 Å². The summed E-state index contributed by atoms with van der Waals surface area (Å²) in [6, 6.07) is 9.18. The normalized spacial score (nSPS) is 13.9. The molecule has 0 unspecified atom stereocenters. The fourth-order valence-electron chi connectivity index (χ4n) is 3.27. The largest absolute Gasteiger partial charge is 0.459 e. The lowest BCUT2D eigenvalue weighted by atomic mass is 9.99. The van der Waals surface area contributed by atoms with Crippen LogP contribution >= 0.6 is 0 Å². The highest BCUT2D eigenvalue weighted by atomic mass is 16.6. The van der Waals surface area contributed by atoms with E-state index >= 15 is 0 Å². The number of rotatable bonds is 15. The van der Waals surface area contributed by atoms with Gasteiger partial charge in [-0.15, -0.1) is 0 Å². The van der Waals surface area contributed by atoms with Gasteiger partial charge in [-0.25, -0.2) is 14.4 Å². The lowest BCUT2D eigenvalue weighted by molar-refractivity contribution is -0.191. The SMILES string of the molecule is C=CCOC(=O)C(CCNC(=O)OCc1ccccc1)(OCCN1CCOCC1)C(=O)OCC=C. The van der Waals surface area contributed by atoms with Gasteiger partial charge < -0.3 is 29.0 Å². The highest BCUT2D eigenvalue weighted by molar-refractivity contribution is 6.03. The van der Waals surface area contributed by atoms with E-state index in [4.69, 9.17) is 23.7 Å². The number of hydrogen-bond donors (Lipinski definition) is 1. The number of carbonyl (C=O) groups is 3. The molecule has 1 amide bonds. The van der Waals surface area contributed by atoms with Crippen LogP contribution in [0.3, 0.4) is 0 Å². The Morgan fingerprint density at radius 3 is 2.23 bits per heavy atom. The molecule has 1 saturated heterocycles. The van der Waals surface area contributed by atoms with E-state index in [1.54, 1.807) is 0 Å². The summed E-state index contributed by atoms with van der Waals surface area (Å²) in [5, 5.41) is 2.55. The summed E-state index contributed by atoms with van der Waals surface area (Å²) in [4.78, 5) is 40.2. The fraction of sp³-hybridized carbons (Fsp3) is 0.480. The van der Waals surface area contributed by atoms with E-state index in [0.717, 1.165) is 5.56 Å². The van der Waals surface area contributed by atoms with E-state index in [2.05, 4.69) is 23.4 Å². The van der Waals surface area contributed by atoms with Gasteiger partial charge in [0.25, 0.3) is 5.60 Å². The molecule has 2 rings (SSSR count). The first kappa shape index (κ1) is 28.0. The maximum Gasteiger partial charge on any atom is 0.407 e. The zero-order valence-electron chi connectivity index (χ0n) is 19.9. The van der Waals surface area contributed by atoms with Gasteiger partial charge in [0.1, 0.15) is 19.8 Å².